The summed E-state index contributed by atoms with van der Waals surface area (Å²) in [5.41, 5.74) is 2.11. The number of nitrogens with zero attached hydrogens (tertiary/aromatic N) is 2. The van der Waals surface area contributed by atoms with Crippen LogP contribution in [0.5, 0.6) is 0 Å². The van der Waals surface area contributed by atoms with Crippen molar-refractivity contribution in [2.24, 2.45) is 0 Å². The molecule has 0 radical (unpaired) electrons. The van der Waals surface area contributed by atoms with E-state index < -0.39 is 29.8 Å². The fourth-order valence-corrected chi connectivity index (χ4v) is 3.93. The molecule has 14 nitrogen and oxygen atoms in total. The van der Waals surface area contributed by atoms with Gasteiger partial charge in [-0.3, -0.25) is 9.69 Å². The summed E-state index contributed by atoms with van der Waals surface area (Å²) >= 11 is 1.35. The maximum atomic E-state index is 12.5. The Morgan fingerprint density at radius 3 is 1.82 bits per heavy atom. The van der Waals surface area contributed by atoms with Crippen LogP contribution in [0.1, 0.15) is 10.4 Å². The Morgan fingerprint density at radius 1 is 0.868 bits per heavy atom. The number of piperazine rings is 1. The maximum absolute atomic E-state index is 12.5. The Hall–Kier alpha value is -4.34. The highest BCUT2D eigenvalue weighted by molar-refractivity contribution is 7.15. The Morgan fingerprint density at radius 2 is 1.37 bits per heavy atom. The van der Waals surface area contributed by atoms with Crippen molar-refractivity contribution in [1.29, 1.82) is 0 Å². The standard InChI is InChI=1S/C19H23N3O3S.2C2H2O4/c1-21-8-10-22(11-9-21)12-16(23)20-18-17(19(24)25-2)15(13-26-18)14-6-4-3-5-7-14;2*3-1(4)2(5)6/h3-7,13H,8-12H2,1-2H3,(H,20,23);2*(H,3,4)(H,5,6). The van der Waals surface area contributed by atoms with E-state index in [9.17, 15) is 9.59 Å². The van der Waals surface area contributed by atoms with Crippen molar-refractivity contribution in [3.63, 3.8) is 0 Å². The van der Waals surface area contributed by atoms with Crippen LogP contribution in [0.15, 0.2) is 35.7 Å². The number of likely N-dealkylation sites (N-methyl/N-ethyl adjacent to an activating group) is 1. The monoisotopic (exact) mass is 553 g/mol. The molecule has 0 unspecified atom stereocenters. The first-order valence-electron chi connectivity index (χ1n) is 10.8. The Bertz CT molecular complexity index is 1090. The minimum absolute atomic E-state index is 0.110. The number of esters is 1. The summed E-state index contributed by atoms with van der Waals surface area (Å²) in [6.45, 7) is 3.98. The second-order valence-corrected chi connectivity index (χ2v) is 8.44. The molecule has 0 saturated carbocycles. The number of carbonyl (C=O) groups excluding carboxylic acids is 2. The second-order valence-electron chi connectivity index (χ2n) is 7.56. The average Bonchev–Trinajstić information content (AvgIpc) is 3.29. The van der Waals surface area contributed by atoms with Crippen LogP contribution >= 0.6 is 11.3 Å². The summed E-state index contributed by atoms with van der Waals surface area (Å²) in [5, 5.41) is 34.9. The molecule has 38 heavy (non-hydrogen) atoms. The highest BCUT2D eigenvalue weighted by Gasteiger charge is 2.23. The molecule has 0 bridgehead atoms. The number of aliphatic carboxylic acids is 4. The molecule has 1 fully saturated rings. The van der Waals surface area contributed by atoms with Gasteiger partial charge in [0.1, 0.15) is 10.6 Å². The molecule has 0 spiro atoms. The van der Waals surface area contributed by atoms with Crippen LogP contribution in [0.2, 0.25) is 0 Å². The summed E-state index contributed by atoms with van der Waals surface area (Å²) < 4.78 is 4.94. The number of amides is 1. The summed E-state index contributed by atoms with van der Waals surface area (Å²) in [7, 11) is 3.43. The van der Waals surface area contributed by atoms with Crippen LogP contribution in [-0.4, -0.2) is 113 Å². The highest BCUT2D eigenvalue weighted by atomic mass is 32.1. The Kier molecular flexibility index (Phi) is 13.1. The predicted octanol–water partition coefficient (Wildman–Crippen LogP) is 0.699. The number of hydrogen-bond acceptors (Lipinski definition) is 10. The van der Waals surface area contributed by atoms with Gasteiger partial charge in [-0.2, -0.15) is 0 Å². The zero-order valence-electron chi connectivity index (χ0n) is 20.4. The zero-order valence-corrected chi connectivity index (χ0v) is 21.3. The first-order valence-corrected chi connectivity index (χ1v) is 11.6. The van der Waals surface area contributed by atoms with Gasteiger partial charge in [-0.05, 0) is 12.6 Å². The van der Waals surface area contributed by atoms with Crippen LogP contribution in [0.25, 0.3) is 11.1 Å². The van der Waals surface area contributed by atoms with E-state index in [1.54, 1.807) is 0 Å². The number of hydrogen-bond donors (Lipinski definition) is 5. The van der Waals surface area contributed by atoms with E-state index in [0.29, 0.717) is 17.1 Å². The van der Waals surface area contributed by atoms with Crippen LogP contribution in [0.4, 0.5) is 5.00 Å². The summed E-state index contributed by atoms with van der Waals surface area (Å²) in [5.74, 6) is -7.85. The van der Waals surface area contributed by atoms with E-state index in [2.05, 4.69) is 22.2 Å². The van der Waals surface area contributed by atoms with E-state index in [4.69, 9.17) is 44.3 Å². The molecular weight excluding hydrogens is 526 g/mol. The summed E-state index contributed by atoms with van der Waals surface area (Å²) in [6.07, 6.45) is 0. The fourth-order valence-electron chi connectivity index (χ4n) is 2.96. The van der Waals surface area contributed by atoms with E-state index in [0.717, 1.165) is 37.3 Å². The molecule has 1 saturated heterocycles. The molecule has 1 aliphatic heterocycles. The van der Waals surface area contributed by atoms with Crippen LogP contribution in [0, 0.1) is 0 Å². The minimum Gasteiger partial charge on any atom is -0.473 e. The van der Waals surface area contributed by atoms with Gasteiger partial charge < -0.3 is 35.4 Å². The van der Waals surface area contributed by atoms with Crippen LogP contribution in [-0.2, 0) is 28.7 Å². The Labute approximate surface area is 220 Å². The number of carboxylic acid groups (broad SMARTS) is 4. The van der Waals surface area contributed by atoms with Gasteiger partial charge in [0.05, 0.1) is 13.7 Å². The van der Waals surface area contributed by atoms with Crippen molar-refractivity contribution in [3.8, 4) is 11.1 Å². The van der Waals surface area contributed by atoms with E-state index in [1.165, 1.54) is 18.4 Å². The summed E-state index contributed by atoms with van der Waals surface area (Å²) in [6, 6.07) is 9.63. The van der Waals surface area contributed by atoms with Crippen LogP contribution < -0.4 is 5.32 Å². The van der Waals surface area contributed by atoms with Gasteiger partial charge in [-0.15, -0.1) is 11.3 Å². The fraction of sp³-hybridized carbons (Fsp3) is 0.304. The average molecular weight is 554 g/mol. The van der Waals surface area contributed by atoms with E-state index in [-0.39, 0.29) is 5.91 Å². The third-order valence-electron chi connectivity index (χ3n) is 4.85. The van der Waals surface area contributed by atoms with Crippen molar-refractivity contribution in [2.45, 2.75) is 0 Å². The van der Waals surface area contributed by atoms with E-state index in [1.807, 2.05) is 35.7 Å². The number of anilines is 1. The zero-order chi connectivity index (χ0) is 28.8. The number of carboxylic acids is 4. The molecule has 2 heterocycles. The van der Waals surface area contributed by atoms with E-state index >= 15 is 0 Å². The van der Waals surface area contributed by atoms with Gasteiger partial charge in [0.15, 0.2) is 0 Å². The predicted molar refractivity (Wildman–Crippen MR) is 134 cm³/mol. The number of nitrogens with one attached hydrogen (secondary N) is 1. The third kappa shape index (κ3) is 10.7. The molecule has 1 aliphatic rings. The molecule has 0 atom stereocenters. The molecular formula is C23H27N3O11S. The SMILES string of the molecule is COC(=O)c1c(-c2ccccc2)csc1NC(=O)CN1CCN(C)CC1.O=C(O)C(=O)O.O=C(O)C(=O)O. The van der Waals surface area contributed by atoms with Gasteiger partial charge in [0.25, 0.3) is 0 Å². The molecule has 5 N–H and O–H groups in total. The largest absolute Gasteiger partial charge is 0.473 e. The highest BCUT2D eigenvalue weighted by Crippen LogP contribution is 2.36. The number of ether oxygens (including phenoxy) is 1. The lowest BCUT2D eigenvalue weighted by Crippen LogP contribution is -2.47. The number of thiophene rings is 1. The van der Waals surface area contributed by atoms with Gasteiger partial charge in [-0.25, -0.2) is 24.0 Å². The first-order chi connectivity index (χ1) is 17.9. The lowest BCUT2D eigenvalue weighted by molar-refractivity contribution is -0.159. The van der Waals surface area contributed by atoms with Crippen molar-refractivity contribution in [2.75, 3.05) is 52.2 Å². The third-order valence-corrected chi connectivity index (χ3v) is 5.74. The van der Waals surface area contributed by atoms with Gasteiger partial charge >= 0.3 is 29.8 Å². The molecule has 1 aromatic carbocycles. The molecule has 206 valence electrons. The van der Waals surface area contributed by atoms with Gasteiger partial charge in [0, 0.05) is 37.1 Å². The number of benzene rings is 1. The summed E-state index contributed by atoms with van der Waals surface area (Å²) in [4.78, 5) is 65.5. The quantitative estimate of drug-likeness (QED) is 0.255. The molecule has 15 heteroatoms. The van der Waals surface area contributed by atoms with Crippen molar-refractivity contribution >= 4 is 52.1 Å². The molecule has 1 aromatic heterocycles. The van der Waals surface area contributed by atoms with Crippen LogP contribution in [0.3, 0.4) is 0 Å². The second kappa shape index (κ2) is 15.7. The van der Waals surface area contributed by atoms with Gasteiger partial charge in [-0.1, -0.05) is 30.3 Å². The van der Waals surface area contributed by atoms with Crippen molar-refractivity contribution < 1.29 is 53.9 Å². The molecule has 0 aliphatic carbocycles. The first kappa shape index (κ1) is 31.7. The molecule has 2 aromatic rings. The molecule has 3 rings (SSSR count). The number of carbonyl (C=O) groups is 6. The lowest BCUT2D eigenvalue weighted by Gasteiger charge is -2.31. The smallest absolute Gasteiger partial charge is 0.414 e. The molecule has 1 amide bonds. The number of methoxy groups -OCH3 is 1. The maximum Gasteiger partial charge on any atom is 0.414 e. The Balaban J connectivity index is 0.000000503. The lowest BCUT2D eigenvalue weighted by atomic mass is 10.0. The topological polar surface area (TPSA) is 211 Å². The van der Waals surface area contributed by atoms with Crippen molar-refractivity contribution in [3.05, 3.63) is 41.3 Å². The number of rotatable bonds is 5. The van der Waals surface area contributed by atoms with Gasteiger partial charge in [0.2, 0.25) is 5.91 Å². The van der Waals surface area contributed by atoms with Crippen molar-refractivity contribution in [1.82, 2.24) is 9.80 Å². The minimum atomic E-state index is -1.82. The normalized spacial score (nSPS) is 13.0.